The van der Waals surface area contributed by atoms with Crippen molar-refractivity contribution in [2.45, 2.75) is 450 Å². The Kier molecular flexibility index (Phi) is 72.3. The predicted molar refractivity (Wildman–Crippen MR) is 370 cm³/mol. The van der Waals surface area contributed by atoms with Gasteiger partial charge in [-0.15, -0.1) is 0 Å². The number of allylic oxidation sites excluding steroid dienone is 4. The number of unbranched alkanes of at least 4 members (excludes halogenated alkanes) is 58. The van der Waals surface area contributed by atoms with Gasteiger partial charge in [-0.05, 0) is 77.0 Å². The number of aliphatic hydroxyl groups is 2. The van der Waals surface area contributed by atoms with Crippen molar-refractivity contribution < 1.29 is 24.5 Å². The van der Waals surface area contributed by atoms with Gasteiger partial charge < -0.3 is 20.3 Å². The molecule has 0 aromatic carbocycles. The van der Waals surface area contributed by atoms with E-state index in [9.17, 15) is 19.8 Å². The number of ether oxygens (including phenoxy) is 1. The summed E-state index contributed by atoms with van der Waals surface area (Å²) in [5, 5.41) is 23.4. The zero-order chi connectivity index (χ0) is 60.6. The van der Waals surface area contributed by atoms with E-state index in [-0.39, 0.29) is 18.5 Å². The topological polar surface area (TPSA) is 95.9 Å². The van der Waals surface area contributed by atoms with Crippen LogP contribution < -0.4 is 5.32 Å². The first-order chi connectivity index (χ1) is 41.5. The number of esters is 1. The highest BCUT2D eigenvalue weighted by Crippen LogP contribution is 2.20. The summed E-state index contributed by atoms with van der Waals surface area (Å²) >= 11 is 0. The average molecular weight is 1180 g/mol. The van der Waals surface area contributed by atoms with Crippen LogP contribution >= 0.6 is 0 Å². The quantitative estimate of drug-likeness (QED) is 0.0320. The zero-order valence-electron chi connectivity index (χ0n) is 57.2. The lowest BCUT2D eigenvalue weighted by Crippen LogP contribution is -2.45. The van der Waals surface area contributed by atoms with Gasteiger partial charge in [0.2, 0.25) is 5.91 Å². The summed E-state index contributed by atoms with van der Waals surface area (Å²) in [6.07, 6.45) is 94.1. The van der Waals surface area contributed by atoms with Gasteiger partial charge in [-0.25, -0.2) is 0 Å². The minimum Gasteiger partial charge on any atom is -0.466 e. The Morgan fingerprint density at radius 3 is 0.869 bits per heavy atom. The van der Waals surface area contributed by atoms with Crippen LogP contribution in [0.5, 0.6) is 0 Å². The van der Waals surface area contributed by atoms with E-state index in [1.807, 2.05) is 0 Å². The second kappa shape index (κ2) is 73.8. The minimum atomic E-state index is -0.662. The van der Waals surface area contributed by atoms with E-state index in [4.69, 9.17) is 4.74 Å². The van der Waals surface area contributed by atoms with Crippen LogP contribution in [0, 0.1) is 0 Å². The SMILES string of the molecule is CCCCC/C=C\CCCCCCCC(=O)OCCCCCCCCCCCCCCCCCC/C=C\CCCCCCCCCCCCCCCCCCCC(=O)NC(CO)C(O)CCCCCCCCCCCCCCCCCCCC. The molecule has 498 valence electrons. The summed E-state index contributed by atoms with van der Waals surface area (Å²) in [5.41, 5.74) is 0. The normalized spacial score (nSPS) is 12.6. The standard InChI is InChI=1S/C78H151NO5/c1-3-5-7-9-11-13-15-17-18-19-41-44-47-50-54-58-62-66-70-76(81)75(74-80)79-77(82)71-67-63-59-55-51-48-45-42-39-37-35-33-31-29-27-25-23-21-20-22-24-26-28-30-32-34-36-38-40-43-46-49-53-57-61-65-69-73-84-78(83)72-68-64-60-56-52-16-14-12-10-8-6-4-2/h12,14,20,22,75-76,80-81H,3-11,13,15-19,21,23-74H2,1-2H3,(H,79,82)/b14-12-,22-20-. The van der Waals surface area contributed by atoms with Crippen molar-refractivity contribution in [3.63, 3.8) is 0 Å². The molecule has 0 aromatic rings. The maximum absolute atomic E-state index is 12.5. The molecular weight excluding hydrogens is 1030 g/mol. The Hall–Kier alpha value is -1.66. The van der Waals surface area contributed by atoms with Crippen molar-refractivity contribution in [1.82, 2.24) is 5.32 Å². The van der Waals surface area contributed by atoms with Crippen molar-refractivity contribution in [2.24, 2.45) is 0 Å². The summed E-state index contributed by atoms with van der Waals surface area (Å²) in [5.74, 6) is -0.0145. The van der Waals surface area contributed by atoms with Crippen molar-refractivity contribution in [3.8, 4) is 0 Å². The molecule has 84 heavy (non-hydrogen) atoms. The fraction of sp³-hybridized carbons (Fsp3) is 0.923. The molecule has 0 aliphatic rings. The van der Waals surface area contributed by atoms with Crippen molar-refractivity contribution in [2.75, 3.05) is 13.2 Å². The van der Waals surface area contributed by atoms with Crippen LogP contribution in [0.2, 0.25) is 0 Å². The largest absolute Gasteiger partial charge is 0.466 e. The number of nitrogens with one attached hydrogen (secondary N) is 1. The average Bonchev–Trinajstić information content (AvgIpc) is 3.52. The lowest BCUT2D eigenvalue weighted by molar-refractivity contribution is -0.143. The Bertz CT molecular complexity index is 1320. The number of hydrogen-bond acceptors (Lipinski definition) is 5. The molecule has 6 heteroatoms. The van der Waals surface area contributed by atoms with E-state index in [1.165, 1.54) is 360 Å². The third-order valence-electron chi connectivity index (χ3n) is 18.2. The van der Waals surface area contributed by atoms with E-state index >= 15 is 0 Å². The van der Waals surface area contributed by atoms with Crippen LogP contribution in [0.15, 0.2) is 24.3 Å². The minimum absolute atomic E-state index is 0.0120. The molecule has 2 atom stereocenters. The van der Waals surface area contributed by atoms with Gasteiger partial charge >= 0.3 is 5.97 Å². The molecule has 0 aliphatic carbocycles. The smallest absolute Gasteiger partial charge is 0.305 e. The first-order valence-corrected chi connectivity index (χ1v) is 38.6. The fourth-order valence-corrected chi connectivity index (χ4v) is 12.3. The lowest BCUT2D eigenvalue weighted by Gasteiger charge is -2.22. The molecule has 0 bridgehead atoms. The summed E-state index contributed by atoms with van der Waals surface area (Å²) in [6, 6.07) is -0.538. The number of aliphatic hydroxyl groups excluding tert-OH is 2. The molecule has 2 unspecified atom stereocenters. The maximum Gasteiger partial charge on any atom is 0.305 e. The highest BCUT2D eigenvalue weighted by Gasteiger charge is 2.20. The molecule has 0 aliphatic heterocycles. The van der Waals surface area contributed by atoms with E-state index in [0.717, 1.165) is 44.9 Å². The van der Waals surface area contributed by atoms with Gasteiger partial charge in [0.1, 0.15) is 0 Å². The van der Waals surface area contributed by atoms with Crippen molar-refractivity contribution in [1.29, 1.82) is 0 Å². The monoisotopic (exact) mass is 1180 g/mol. The summed E-state index contributed by atoms with van der Waals surface area (Å²) in [4.78, 5) is 24.6. The van der Waals surface area contributed by atoms with Gasteiger partial charge in [0.25, 0.3) is 0 Å². The Balaban J connectivity index is 3.33. The maximum atomic E-state index is 12.5. The molecule has 1 amide bonds. The molecule has 0 heterocycles. The third-order valence-corrected chi connectivity index (χ3v) is 18.2. The van der Waals surface area contributed by atoms with E-state index in [1.54, 1.807) is 0 Å². The number of carbonyl (C=O) groups excluding carboxylic acids is 2. The Labute approximate surface area is 526 Å². The van der Waals surface area contributed by atoms with E-state index in [2.05, 4.69) is 43.5 Å². The number of amides is 1. The van der Waals surface area contributed by atoms with Gasteiger partial charge in [-0.2, -0.15) is 0 Å². The second-order valence-electron chi connectivity index (χ2n) is 26.7. The second-order valence-corrected chi connectivity index (χ2v) is 26.7. The molecule has 0 saturated carbocycles. The first-order valence-electron chi connectivity index (χ1n) is 38.6. The molecule has 6 nitrogen and oxygen atoms in total. The van der Waals surface area contributed by atoms with Crippen LogP contribution in [0.1, 0.15) is 438 Å². The van der Waals surface area contributed by atoms with Gasteiger partial charge in [0.15, 0.2) is 0 Å². The zero-order valence-corrected chi connectivity index (χ0v) is 57.2. The van der Waals surface area contributed by atoms with Gasteiger partial charge in [-0.1, -0.05) is 372 Å². The van der Waals surface area contributed by atoms with Crippen molar-refractivity contribution in [3.05, 3.63) is 24.3 Å². The molecule has 0 fully saturated rings. The fourth-order valence-electron chi connectivity index (χ4n) is 12.3. The van der Waals surface area contributed by atoms with Gasteiger partial charge in [-0.3, -0.25) is 9.59 Å². The highest BCUT2D eigenvalue weighted by molar-refractivity contribution is 5.76. The molecule has 0 radical (unpaired) electrons. The van der Waals surface area contributed by atoms with Crippen LogP contribution in [-0.4, -0.2) is 47.4 Å². The molecule has 0 spiro atoms. The summed E-state index contributed by atoms with van der Waals surface area (Å²) in [7, 11) is 0. The summed E-state index contributed by atoms with van der Waals surface area (Å²) < 4.78 is 5.48. The van der Waals surface area contributed by atoms with Crippen molar-refractivity contribution >= 4 is 11.9 Å². The van der Waals surface area contributed by atoms with E-state index < -0.39 is 12.1 Å². The molecule has 0 rings (SSSR count). The molecular formula is C78H151NO5. The Morgan fingerprint density at radius 1 is 0.321 bits per heavy atom. The molecule has 3 N–H and O–H groups in total. The number of rotatable bonds is 73. The van der Waals surface area contributed by atoms with Gasteiger partial charge in [0, 0.05) is 12.8 Å². The first kappa shape index (κ1) is 82.3. The predicted octanol–water partition coefficient (Wildman–Crippen LogP) is 25.3. The molecule has 0 aromatic heterocycles. The number of hydrogen-bond donors (Lipinski definition) is 3. The van der Waals surface area contributed by atoms with Crippen LogP contribution in [0.4, 0.5) is 0 Å². The van der Waals surface area contributed by atoms with Crippen LogP contribution in [0.25, 0.3) is 0 Å². The molecule has 0 saturated heterocycles. The van der Waals surface area contributed by atoms with E-state index in [0.29, 0.717) is 25.9 Å². The lowest BCUT2D eigenvalue weighted by atomic mass is 10.0. The van der Waals surface area contributed by atoms with Gasteiger partial charge in [0.05, 0.1) is 25.4 Å². The Morgan fingerprint density at radius 2 is 0.560 bits per heavy atom. The van der Waals surface area contributed by atoms with Crippen LogP contribution in [-0.2, 0) is 14.3 Å². The highest BCUT2D eigenvalue weighted by atomic mass is 16.5. The number of carbonyl (C=O) groups is 2. The third kappa shape index (κ3) is 69.4. The summed E-state index contributed by atoms with van der Waals surface area (Å²) in [6.45, 7) is 4.97. The van der Waals surface area contributed by atoms with Crippen LogP contribution in [0.3, 0.4) is 0 Å².